The summed E-state index contributed by atoms with van der Waals surface area (Å²) in [4.78, 5) is 1.50. The molecule has 1 aromatic rings. The molecule has 130 valence electrons. The summed E-state index contributed by atoms with van der Waals surface area (Å²) >= 11 is 1.92. The lowest BCUT2D eigenvalue weighted by atomic mass is 10.1. The first kappa shape index (κ1) is 19.7. The fraction of sp³-hybridized carbons (Fsp3) is 0.667. The quantitative estimate of drug-likeness (QED) is 0.538. The van der Waals surface area contributed by atoms with Crippen LogP contribution in [0.2, 0.25) is 0 Å². The number of ether oxygens (including phenoxy) is 1. The van der Waals surface area contributed by atoms with Gasteiger partial charge in [-0.25, -0.2) is 0 Å². The highest BCUT2D eigenvalue weighted by molar-refractivity contribution is 7.99. The van der Waals surface area contributed by atoms with Gasteiger partial charge in [-0.3, -0.25) is 0 Å². The maximum absolute atomic E-state index is 5.76. The van der Waals surface area contributed by atoms with Gasteiger partial charge in [0.05, 0.1) is 19.5 Å². The van der Waals surface area contributed by atoms with E-state index in [2.05, 4.69) is 18.4 Å². The average molecular weight is 394 g/mol. The van der Waals surface area contributed by atoms with Crippen LogP contribution < -0.4 is 4.74 Å². The second-order valence-corrected chi connectivity index (χ2v) is 11.7. The Morgan fingerprint density at radius 2 is 1.43 bits per heavy atom. The first-order valence-electron chi connectivity index (χ1n) is 8.32. The third-order valence-corrected chi connectivity index (χ3v) is 10.4. The molecule has 23 heavy (non-hydrogen) atoms. The van der Waals surface area contributed by atoms with Crippen molar-refractivity contribution >= 4 is 33.6 Å². The fourth-order valence-corrected chi connectivity index (χ4v) is 8.93. The number of methoxy groups -OCH3 is 1. The molecule has 0 radical (unpaired) electrons. The van der Waals surface area contributed by atoms with Crippen LogP contribution in [0.15, 0.2) is 17.0 Å². The molecule has 0 bridgehead atoms. The molecular formula is C18H30ClOS3+3. The van der Waals surface area contributed by atoms with E-state index in [1.54, 1.807) is 0 Å². The molecule has 2 aliphatic rings. The lowest BCUT2D eigenvalue weighted by Gasteiger charge is -2.14. The number of rotatable bonds is 6. The summed E-state index contributed by atoms with van der Waals surface area (Å²) in [6.45, 7) is 0. The van der Waals surface area contributed by atoms with E-state index in [1.807, 2.05) is 18.9 Å². The maximum Gasteiger partial charge on any atom is 0.136 e. The number of hydrogen-bond acceptors (Lipinski definition) is 2. The number of thioether (sulfide) groups is 1. The predicted molar refractivity (Wildman–Crippen MR) is 108 cm³/mol. The van der Waals surface area contributed by atoms with Crippen molar-refractivity contribution in [1.29, 1.82) is 0 Å². The Kier molecular flexibility index (Phi) is 8.34. The van der Waals surface area contributed by atoms with E-state index >= 15 is 0 Å². The molecule has 0 atom stereocenters. The topological polar surface area (TPSA) is 9.23 Å². The molecule has 0 N–H and O–H groups in total. The molecule has 2 saturated heterocycles. The molecule has 2 fully saturated rings. The largest absolute Gasteiger partial charge is 0.496 e. The summed E-state index contributed by atoms with van der Waals surface area (Å²) in [6, 6.07) is 4.81. The highest BCUT2D eigenvalue weighted by Crippen LogP contribution is 2.34. The molecule has 0 unspecified atom stereocenters. The van der Waals surface area contributed by atoms with E-state index in [0.29, 0.717) is 21.8 Å². The van der Waals surface area contributed by atoms with Gasteiger partial charge in [-0.15, -0.1) is 11.8 Å². The van der Waals surface area contributed by atoms with Crippen molar-refractivity contribution < 1.29 is 17.1 Å². The maximum atomic E-state index is 5.76. The van der Waals surface area contributed by atoms with E-state index in [9.17, 15) is 0 Å². The number of hydrogen-bond donors (Lipinski definition) is 0. The van der Waals surface area contributed by atoms with Gasteiger partial charge in [0, 0.05) is 16.0 Å². The van der Waals surface area contributed by atoms with Gasteiger partial charge in [-0.1, -0.05) is 0 Å². The fourth-order valence-electron chi connectivity index (χ4n) is 3.41. The molecule has 1 nitrogen and oxygen atoms in total. The van der Waals surface area contributed by atoms with Crippen molar-refractivity contribution in [2.75, 3.05) is 36.4 Å². The van der Waals surface area contributed by atoms with Crippen LogP contribution in [0.5, 0.6) is 5.75 Å². The van der Waals surface area contributed by atoms with Crippen LogP contribution >= 0.6 is 11.8 Å². The summed E-state index contributed by atoms with van der Waals surface area (Å²) in [5.41, 5.74) is 2.99. The Labute approximate surface area is 157 Å². The Bertz CT molecular complexity index is 452. The summed E-state index contributed by atoms with van der Waals surface area (Å²) in [5, 5.41) is 0. The average Bonchev–Trinajstić information content (AvgIpc) is 3.22. The minimum absolute atomic E-state index is 0. The Morgan fingerprint density at radius 3 is 1.91 bits per heavy atom. The summed E-state index contributed by atoms with van der Waals surface area (Å²) in [6.07, 6.45) is 7.97. The zero-order chi connectivity index (χ0) is 15.4. The van der Waals surface area contributed by atoms with E-state index in [1.165, 1.54) is 76.2 Å². The SMILES string of the molecule is COc1cc(C[S+]2CCCC2)c(SC)cc1C[S+]1CCCC1.[ClH2+]. The zero-order valence-corrected chi connectivity index (χ0v) is 17.6. The van der Waals surface area contributed by atoms with E-state index < -0.39 is 0 Å². The van der Waals surface area contributed by atoms with Gasteiger partial charge in [0.2, 0.25) is 0 Å². The van der Waals surface area contributed by atoms with Crippen LogP contribution in [0, 0.1) is 12.4 Å². The molecule has 3 rings (SSSR count). The molecular weight excluding hydrogens is 364 g/mol. The van der Waals surface area contributed by atoms with Gasteiger partial charge in [-0.05, 0) is 65.9 Å². The monoisotopic (exact) mass is 393 g/mol. The predicted octanol–water partition coefficient (Wildman–Crippen LogP) is 3.71. The van der Waals surface area contributed by atoms with Gasteiger partial charge in [0.1, 0.15) is 40.3 Å². The Morgan fingerprint density at radius 1 is 0.913 bits per heavy atom. The first-order valence-corrected chi connectivity index (χ1v) is 13.0. The van der Waals surface area contributed by atoms with E-state index in [-0.39, 0.29) is 12.4 Å². The minimum atomic E-state index is 0. The van der Waals surface area contributed by atoms with Gasteiger partial charge < -0.3 is 4.74 Å². The standard InChI is InChI=1S/C18H28OS3.ClH2/c1-19-17-11-16(14-22-9-5-6-10-22)18(20-2)12-15(17)13-21-7-3-4-8-21;/h11-12H,3-10,13-14H2,1-2H3;1H2/q+2;+1. The number of benzene rings is 1. The molecule has 0 amide bonds. The normalized spacial score (nSPS) is 19.0. The van der Waals surface area contributed by atoms with Crippen molar-refractivity contribution in [2.24, 2.45) is 0 Å². The van der Waals surface area contributed by atoms with Crippen molar-refractivity contribution in [1.82, 2.24) is 0 Å². The van der Waals surface area contributed by atoms with Crippen LogP contribution in [-0.4, -0.2) is 36.4 Å². The summed E-state index contributed by atoms with van der Waals surface area (Å²) in [5.74, 6) is 9.42. The second-order valence-electron chi connectivity index (χ2n) is 6.22. The first-order chi connectivity index (χ1) is 10.8. The van der Waals surface area contributed by atoms with Crippen LogP contribution in [0.25, 0.3) is 0 Å². The van der Waals surface area contributed by atoms with Crippen molar-refractivity contribution in [2.45, 2.75) is 42.1 Å². The third kappa shape index (κ3) is 5.17. The molecule has 5 heteroatoms. The minimum Gasteiger partial charge on any atom is -0.496 e. The van der Waals surface area contributed by atoms with E-state index in [4.69, 9.17) is 4.74 Å². The smallest absolute Gasteiger partial charge is 0.136 e. The lowest BCUT2D eigenvalue weighted by Crippen LogP contribution is -2.11. The Hall–Kier alpha value is 0.360. The van der Waals surface area contributed by atoms with Gasteiger partial charge in [0.25, 0.3) is 0 Å². The van der Waals surface area contributed by atoms with Crippen molar-refractivity contribution in [3.05, 3.63) is 23.3 Å². The molecule has 1 aromatic carbocycles. The van der Waals surface area contributed by atoms with Crippen molar-refractivity contribution in [3.63, 3.8) is 0 Å². The van der Waals surface area contributed by atoms with Crippen LogP contribution in [0.1, 0.15) is 36.8 Å². The molecule has 2 heterocycles. The zero-order valence-electron chi connectivity index (χ0n) is 14.3. The van der Waals surface area contributed by atoms with Crippen LogP contribution in [0.3, 0.4) is 0 Å². The number of halogens is 1. The van der Waals surface area contributed by atoms with Gasteiger partial charge >= 0.3 is 0 Å². The highest BCUT2D eigenvalue weighted by atomic mass is 35.5. The highest BCUT2D eigenvalue weighted by Gasteiger charge is 2.28. The Balaban J connectivity index is 0.00000192. The molecule has 0 aromatic heterocycles. The van der Waals surface area contributed by atoms with E-state index in [0.717, 1.165) is 5.75 Å². The molecule has 2 aliphatic heterocycles. The second kappa shape index (κ2) is 9.74. The summed E-state index contributed by atoms with van der Waals surface area (Å²) in [7, 11) is 3.07. The van der Waals surface area contributed by atoms with Crippen molar-refractivity contribution in [3.8, 4) is 5.75 Å². The third-order valence-electron chi connectivity index (χ3n) is 4.63. The molecule has 0 aliphatic carbocycles. The lowest BCUT2D eigenvalue weighted by molar-refractivity contribution is -0.00000489. The van der Waals surface area contributed by atoms with Crippen LogP contribution in [0.4, 0.5) is 0 Å². The molecule has 0 spiro atoms. The molecule has 0 saturated carbocycles. The van der Waals surface area contributed by atoms with Crippen LogP contribution in [-0.2, 0) is 33.3 Å². The summed E-state index contributed by atoms with van der Waals surface area (Å²) < 4.78 is 5.76. The van der Waals surface area contributed by atoms with Gasteiger partial charge in [0.15, 0.2) is 0 Å². The van der Waals surface area contributed by atoms with Gasteiger partial charge in [-0.2, -0.15) is 0 Å².